The molecule has 0 bridgehead atoms. The number of hydrogen-bond donors (Lipinski definition) is 1. The number of rotatable bonds is 4. The van der Waals surface area contributed by atoms with Crippen LogP contribution in [0.1, 0.15) is 16.8 Å². The second-order valence-corrected chi connectivity index (χ2v) is 7.80. The van der Waals surface area contributed by atoms with E-state index in [-0.39, 0.29) is 23.3 Å². The smallest absolute Gasteiger partial charge is 0.303 e. The minimum atomic E-state index is -4.02. The highest BCUT2D eigenvalue weighted by atomic mass is 32.2. The third kappa shape index (κ3) is 3.16. The first-order chi connectivity index (χ1) is 11.7. The Morgan fingerprint density at radius 3 is 2.76 bits per heavy atom. The van der Waals surface area contributed by atoms with Gasteiger partial charge in [0.15, 0.2) is 5.82 Å². The zero-order valence-corrected chi connectivity index (χ0v) is 14.4. The number of carbonyl (C=O) groups excluding carboxylic acids is 1. The first-order valence-electron chi connectivity index (χ1n) is 7.50. The number of nitrogens with zero attached hydrogens (tertiary/aromatic N) is 4. The number of fused-ring (bicyclic) bond motifs is 1. The van der Waals surface area contributed by atoms with E-state index in [0.29, 0.717) is 13.0 Å². The van der Waals surface area contributed by atoms with E-state index in [0.717, 1.165) is 15.0 Å². The summed E-state index contributed by atoms with van der Waals surface area (Å²) < 4.78 is 55.7. The molecule has 1 amide bonds. The second kappa shape index (κ2) is 6.23. The largest absolute Gasteiger partial charge is 0.366 e. The molecular weight excluding hydrogens is 356 g/mol. The third-order valence-electron chi connectivity index (χ3n) is 4.02. The molecule has 3 heterocycles. The average molecular weight is 373 g/mol. The quantitative estimate of drug-likeness (QED) is 0.846. The normalized spacial score (nSPS) is 18.3. The van der Waals surface area contributed by atoms with Crippen molar-refractivity contribution in [1.29, 1.82) is 0 Å². The van der Waals surface area contributed by atoms with Gasteiger partial charge in [-0.05, 0) is 12.5 Å². The lowest BCUT2D eigenvalue weighted by Crippen LogP contribution is -2.39. The van der Waals surface area contributed by atoms with Gasteiger partial charge in [-0.3, -0.25) is 4.79 Å². The lowest BCUT2D eigenvalue weighted by molar-refractivity contribution is 0.0981. The van der Waals surface area contributed by atoms with Crippen molar-refractivity contribution in [3.05, 3.63) is 29.8 Å². The van der Waals surface area contributed by atoms with E-state index >= 15 is 0 Å². The van der Waals surface area contributed by atoms with Crippen molar-refractivity contribution in [3.8, 4) is 0 Å². The Morgan fingerprint density at radius 2 is 2.16 bits per heavy atom. The number of amides is 1. The van der Waals surface area contributed by atoms with Crippen LogP contribution in [0.3, 0.4) is 0 Å². The Bertz CT molecular complexity index is 928. The highest BCUT2D eigenvalue weighted by Gasteiger charge is 2.28. The zero-order valence-electron chi connectivity index (χ0n) is 13.6. The van der Waals surface area contributed by atoms with Crippen LogP contribution < -0.4 is 9.62 Å². The molecule has 0 aromatic carbocycles. The molecule has 3 rings (SSSR count). The molecule has 1 fully saturated rings. The summed E-state index contributed by atoms with van der Waals surface area (Å²) in [6, 6.07) is 1.45. The zero-order chi connectivity index (χ0) is 18.4. The Hall–Kier alpha value is -2.27. The van der Waals surface area contributed by atoms with Crippen LogP contribution in [0.15, 0.2) is 18.5 Å². The predicted molar refractivity (Wildman–Crippen MR) is 86.9 cm³/mol. The van der Waals surface area contributed by atoms with Gasteiger partial charge in [-0.25, -0.2) is 18.0 Å². The van der Waals surface area contributed by atoms with Gasteiger partial charge in [0, 0.05) is 33.4 Å². The summed E-state index contributed by atoms with van der Waals surface area (Å²) >= 11 is 0. The van der Waals surface area contributed by atoms with Gasteiger partial charge in [-0.15, -0.1) is 0 Å². The van der Waals surface area contributed by atoms with E-state index in [2.05, 4.69) is 5.10 Å². The molecule has 11 heteroatoms. The van der Waals surface area contributed by atoms with E-state index in [9.17, 15) is 22.0 Å². The van der Waals surface area contributed by atoms with Crippen LogP contribution in [-0.4, -0.2) is 61.6 Å². The monoisotopic (exact) mass is 373 g/mol. The SMILES string of the molecule is CN(C)S(=O)(=O)NC(=O)c1cnn2ccc(N3CC[C@H](F)C3)c(F)c12. The Balaban J connectivity index is 2.01. The maximum Gasteiger partial charge on any atom is 0.303 e. The first kappa shape index (κ1) is 17.5. The molecule has 1 atom stereocenters. The van der Waals surface area contributed by atoms with Crippen LogP contribution in [0.2, 0.25) is 0 Å². The van der Waals surface area contributed by atoms with Crippen molar-refractivity contribution < 1.29 is 22.0 Å². The minimum Gasteiger partial charge on any atom is -0.366 e. The van der Waals surface area contributed by atoms with E-state index in [1.165, 1.54) is 26.4 Å². The number of anilines is 1. The van der Waals surface area contributed by atoms with E-state index < -0.39 is 28.1 Å². The standard InChI is InChI=1S/C14H17F2N5O3S/c1-19(2)25(23,24)18-14(22)10-7-17-21-6-4-11(12(16)13(10)21)20-5-3-9(15)8-20/h4,6-7,9H,3,5,8H2,1-2H3,(H,18,22)/t9-/m0/s1. The van der Waals surface area contributed by atoms with E-state index in [4.69, 9.17) is 0 Å². The number of nitrogens with one attached hydrogen (secondary N) is 1. The molecule has 0 radical (unpaired) electrons. The summed E-state index contributed by atoms with van der Waals surface area (Å²) in [5.41, 5.74) is -0.232. The number of alkyl halides is 1. The van der Waals surface area contributed by atoms with Gasteiger partial charge in [-0.1, -0.05) is 0 Å². The van der Waals surface area contributed by atoms with Gasteiger partial charge in [0.05, 0.1) is 17.4 Å². The minimum absolute atomic E-state index is 0.0672. The molecule has 1 aliphatic heterocycles. The Kier molecular flexibility index (Phi) is 4.37. The predicted octanol–water partition coefficient (Wildman–Crippen LogP) is 0.558. The van der Waals surface area contributed by atoms with Crippen LogP contribution in [0.25, 0.3) is 5.52 Å². The number of pyridine rings is 1. The fourth-order valence-electron chi connectivity index (χ4n) is 2.64. The van der Waals surface area contributed by atoms with Gasteiger partial charge in [-0.2, -0.15) is 17.8 Å². The molecule has 0 saturated carbocycles. The van der Waals surface area contributed by atoms with Gasteiger partial charge < -0.3 is 4.90 Å². The summed E-state index contributed by atoms with van der Waals surface area (Å²) in [4.78, 5) is 13.8. The molecule has 1 aliphatic rings. The first-order valence-corrected chi connectivity index (χ1v) is 8.94. The van der Waals surface area contributed by atoms with Crippen molar-refractivity contribution in [2.45, 2.75) is 12.6 Å². The number of hydrogen-bond acceptors (Lipinski definition) is 5. The van der Waals surface area contributed by atoms with Crippen molar-refractivity contribution >= 4 is 27.3 Å². The van der Waals surface area contributed by atoms with Crippen molar-refractivity contribution in [3.63, 3.8) is 0 Å². The van der Waals surface area contributed by atoms with Gasteiger partial charge in [0.2, 0.25) is 0 Å². The maximum atomic E-state index is 14.9. The van der Waals surface area contributed by atoms with Gasteiger partial charge in [0.25, 0.3) is 5.91 Å². The molecule has 1 N–H and O–H groups in total. The topological polar surface area (TPSA) is 87.0 Å². The van der Waals surface area contributed by atoms with Crippen molar-refractivity contribution in [2.75, 3.05) is 32.1 Å². The number of halogens is 2. The summed E-state index contributed by atoms with van der Waals surface area (Å²) in [6.07, 6.45) is 1.80. The molecule has 0 aliphatic carbocycles. The second-order valence-electron chi connectivity index (χ2n) is 5.92. The molecule has 0 spiro atoms. The highest BCUT2D eigenvalue weighted by molar-refractivity contribution is 7.87. The summed E-state index contributed by atoms with van der Waals surface area (Å²) in [5.74, 6) is -1.74. The van der Waals surface area contributed by atoms with E-state index in [1.807, 2.05) is 4.72 Å². The summed E-state index contributed by atoms with van der Waals surface area (Å²) in [5, 5.41) is 3.87. The maximum absolute atomic E-state index is 14.9. The van der Waals surface area contributed by atoms with Crippen LogP contribution in [-0.2, 0) is 10.2 Å². The number of aromatic nitrogens is 2. The highest BCUT2D eigenvalue weighted by Crippen LogP contribution is 2.28. The summed E-state index contributed by atoms with van der Waals surface area (Å²) in [7, 11) is -1.51. The van der Waals surface area contributed by atoms with Gasteiger partial charge in [0.1, 0.15) is 11.7 Å². The van der Waals surface area contributed by atoms with Crippen LogP contribution in [0, 0.1) is 5.82 Å². The summed E-state index contributed by atoms with van der Waals surface area (Å²) in [6.45, 7) is 0.427. The average Bonchev–Trinajstić information content (AvgIpc) is 3.13. The molecule has 136 valence electrons. The van der Waals surface area contributed by atoms with Crippen LogP contribution in [0.5, 0.6) is 0 Å². The fraction of sp³-hybridized carbons (Fsp3) is 0.429. The number of carbonyl (C=O) groups is 1. The third-order valence-corrected chi connectivity index (χ3v) is 5.43. The molecular formula is C14H17F2N5O3S. The molecule has 8 nitrogen and oxygen atoms in total. The van der Waals surface area contributed by atoms with Crippen molar-refractivity contribution in [1.82, 2.24) is 18.6 Å². The van der Waals surface area contributed by atoms with Gasteiger partial charge >= 0.3 is 10.2 Å². The van der Waals surface area contributed by atoms with Crippen LogP contribution >= 0.6 is 0 Å². The van der Waals surface area contributed by atoms with Crippen LogP contribution in [0.4, 0.5) is 14.5 Å². The molecule has 2 aromatic heterocycles. The van der Waals surface area contributed by atoms with E-state index in [1.54, 1.807) is 4.90 Å². The molecule has 0 unspecified atom stereocenters. The molecule has 1 saturated heterocycles. The fourth-order valence-corrected chi connectivity index (χ4v) is 3.17. The molecule has 25 heavy (non-hydrogen) atoms. The lowest BCUT2D eigenvalue weighted by Gasteiger charge is -2.18. The Labute approximate surface area is 143 Å². The molecule has 2 aromatic rings. The lowest BCUT2D eigenvalue weighted by atomic mass is 10.2. The Morgan fingerprint density at radius 1 is 1.44 bits per heavy atom. The van der Waals surface area contributed by atoms with Crippen molar-refractivity contribution in [2.24, 2.45) is 0 Å².